The van der Waals surface area contributed by atoms with Crippen LogP contribution in [0.3, 0.4) is 0 Å². The van der Waals surface area contributed by atoms with Crippen molar-refractivity contribution < 1.29 is 0 Å². The van der Waals surface area contributed by atoms with E-state index in [4.69, 9.17) is 4.98 Å². The van der Waals surface area contributed by atoms with E-state index in [1.807, 2.05) is 0 Å². The average Bonchev–Trinajstić information content (AvgIpc) is 3.57. The molecule has 0 radical (unpaired) electrons. The Balaban J connectivity index is 1.07. The van der Waals surface area contributed by atoms with E-state index in [9.17, 15) is 0 Å². The van der Waals surface area contributed by atoms with Crippen molar-refractivity contribution in [2.75, 3.05) is 0 Å². The Morgan fingerprint density at radius 2 is 0.906 bits per heavy atom. The van der Waals surface area contributed by atoms with Gasteiger partial charge in [-0.05, 0) is 92.3 Å². The molecule has 9 aromatic carbocycles. The standard InChI is InChI=1S/C51H32N2/c1-2-12-34(13-3-1)51-45-27-28-48-50(49(45)43-17-6-8-19-46(43)52-51)44-18-7-9-20-47(44)53(48)42-16-10-15-36(32-42)37-23-24-41-31-40(26-25-39(41)30-37)38-22-21-33-11-4-5-14-35(33)29-38/h1-32H. The van der Waals surface area contributed by atoms with Gasteiger partial charge in [-0.2, -0.15) is 0 Å². The highest BCUT2D eigenvalue weighted by atomic mass is 15.0. The SMILES string of the molecule is c1ccc(-c2nc3ccccc3c3c2ccc2c3c3ccccc3n2-c2cccc(-c3ccc4cc(-c5ccc6ccccc6c5)ccc4c3)c2)cc1. The summed E-state index contributed by atoms with van der Waals surface area (Å²) in [4.78, 5) is 5.22. The van der Waals surface area contributed by atoms with Crippen LogP contribution in [0, 0.1) is 0 Å². The number of hydrogen-bond donors (Lipinski definition) is 0. The lowest BCUT2D eigenvalue weighted by molar-refractivity contribution is 1.18. The Hall–Kier alpha value is -7.03. The number of rotatable bonds is 4. The Kier molecular flexibility index (Phi) is 6.59. The van der Waals surface area contributed by atoms with Gasteiger partial charge < -0.3 is 4.57 Å². The van der Waals surface area contributed by atoms with Gasteiger partial charge in [0.05, 0.1) is 22.2 Å². The van der Waals surface area contributed by atoms with Crippen LogP contribution >= 0.6 is 0 Å². The molecule has 0 aliphatic rings. The molecule has 0 amide bonds. The molecule has 11 rings (SSSR count). The van der Waals surface area contributed by atoms with Crippen molar-refractivity contribution in [1.82, 2.24) is 9.55 Å². The molecule has 0 saturated heterocycles. The molecule has 2 aromatic heterocycles. The largest absolute Gasteiger partial charge is 0.309 e. The lowest BCUT2D eigenvalue weighted by Crippen LogP contribution is -1.95. The van der Waals surface area contributed by atoms with Crippen LogP contribution in [0.5, 0.6) is 0 Å². The van der Waals surface area contributed by atoms with Crippen molar-refractivity contribution in [3.63, 3.8) is 0 Å². The molecule has 0 bridgehead atoms. The number of benzene rings is 9. The van der Waals surface area contributed by atoms with Gasteiger partial charge in [0.2, 0.25) is 0 Å². The molecule has 53 heavy (non-hydrogen) atoms. The monoisotopic (exact) mass is 672 g/mol. The molecular formula is C51H32N2. The maximum Gasteiger partial charge on any atom is 0.0788 e. The third-order valence-electron chi connectivity index (χ3n) is 10.9. The van der Waals surface area contributed by atoms with Gasteiger partial charge in [0.1, 0.15) is 0 Å². The van der Waals surface area contributed by atoms with E-state index in [1.54, 1.807) is 0 Å². The van der Waals surface area contributed by atoms with E-state index in [0.29, 0.717) is 0 Å². The van der Waals surface area contributed by atoms with Gasteiger partial charge in [-0.3, -0.25) is 0 Å². The van der Waals surface area contributed by atoms with Gasteiger partial charge >= 0.3 is 0 Å². The molecule has 2 heterocycles. The van der Waals surface area contributed by atoms with Crippen LogP contribution in [0.15, 0.2) is 194 Å². The van der Waals surface area contributed by atoms with Crippen molar-refractivity contribution in [1.29, 1.82) is 0 Å². The summed E-state index contributed by atoms with van der Waals surface area (Å²) in [6, 6.07) is 70.4. The Bertz CT molecular complexity index is 3220. The first-order chi connectivity index (χ1) is 26.3. The summed E-state index contributed by atoms with van der Waals surface area (Å²) in [5.41, 5.74) is 11.5. The highest BCUT2D eigenvalue weighted by Gasteiger charge is 2.19. The van der Waals surface area contributed by atoms with Crippen LogP contribution in [0.4, 0.5) is 0 Å². The summed E-state index contributed by atoms with van der Waals surface area (Å²) >= 11 is 0. The van der Waals surface area contributed by atoms with Gasteiger partial charge in [-0.15, -0.1) is 0 Å². The molecule has 0 aliphatic carbocycles. The summed E-state index contributed by atoms with van der Waals surface area (Å²) < 4.78 is 2.43. The molecule has 0 N–H and O–H groups in total. The molecular weight excluding hydrogens is 641 g/mol. The second-order valence-electron chi connectivity index (χ2n) is 14.0. The topological polar surface area (TPSA) is 17.8 Å². The van der Waals surface area contributed by atoms with Gasteiger partial charge in [-0.1, -0.05) is 146 Å². The normalized spacial score (nSPS) is 11.8. The predicted octanol–water partition coefficient (Wildman–Crippen LogP) is 13.8. The predicted molar refractivity (Wildman–Crippen MR) is 225 cm³/mol. The highest BCUT2D eigenvalue weighted by Crippen LogP contribution is 2.42. The Morgan fingerprint density at radius 3 is 1.68 bits per heavy atom. The third-order valence-corrected chi connectivity index (χ3v) is 10.9. The lowest BCUT2D eigenvalue weighted by atomic mass is 9.96. The average molecular weight is 673 g/mol. The zero-order chi connectivity index (χ0) is 34.9. The first-order valence-electron chi connectivity index (χ1n) is 18.2. The fourth-order valence-electron chi connectivity index (χ4n) is 8.39. The van der Waals surface area contributed by atoms with Gasteiger partial charge in [0.15, 0.2) is 0 Å². The van der Waals surface area contributed by atoms with Crippen molar-refractivity contribution in [3.05, 3.63) is 194 Å². The van der Waals surface area contributed by atoms with Crippen LogP contribution < -0.4 is 0 Å². The molecule has 0 aliphatic heterocycles. The summed E-state index contributed by atoms with van der Waals surface area (Å²) in [5.74, 6) is 0. The number of fused-ring (bicyclic) bond motifs is 9. The molecule has 246 valence electrons. The van der Waals surface area contributed by atoms with E-state index in [2.05, 4.69) is 199 Å². The molecule has 2 heteroatoms. The number of hydrogen-bond acceptors (Lipinski definition) is 1. The number of nitrogens with zero attached hydrogens (tertiary/aromatic N) is 2. The second-order valence-corrected chi connectivity index (χ2v) is 14.0. The van der Waals surface area contributed by atoms with Crippen LogP contribution in [-0.4, -0.2) is 9.55 Å². The lowest BCUT2D eigenvalue weighted by Gasteiger charge is -2.13. The maximum absolute atomic E-state index is 5.22. The molecule has 2 nitrogen and oxygen atoms in total. The molecule has 11 aromatic rings. The maximum atomic E-state index is 5.22. The van der Waals surface area contributed by atoms with E-state index in [-0.39, 0.29) is 0 Å². The molecule has 0 unspecified atom stereocenters. The minimum absolute atomic E-state index is 1.01. The van der Waals surface area contributed by atoms with Gasteiger partial charge in [0, 0.05) is 38.2 Å². The summed E-state index contributed by atoms with van der Waals surface area (Å²) in [6.07, 6.45) is 0. The number of pyridine rings is 1. The van der Waals surface area contributed by atoms with Crippen molar-refractivity contribution >= 4 is 65.0 Å². The summed E-state index contributed by atoms with van der Waals surface area (Å²) in [6.45, 7) is 0. The zero-order valence-corrected chi connectivity index (χ0v) is 28.9. The minimum Gasteiger partial charge on any atom is -0.309 e. The first kappa shape index (κ1) is 29.7. The van der Waals surface area contributed by atoms with Crippen LogP contribution in [0.2, 0.25) is 0 Å². The van der Waals surface area contributed by atoms with Crippen molar-refractivity contribution in [2.24, 2.45) is 0 Å². The molecule has 0 atom stereocenters. The van der Waals surface area contributed by atoms with Crippen LogP contribution in [0.1, 0.15) is 0 Å². The first-order valence-corrected chi connectivity index (χ1v) is 18.2. The fourth-order valence-corrected chi connectivity index (χ4v) is 8.39. The van der Waals surface area contributed by atoms with Crippen molar-refractivity contribution in [3.8, 4) is 39.2 Å². The van der Waals surface area contributed by atoms with Crippen LogP contribution in [-0.2, 0) is 0 Å². The minimum atomic E-state index is 1.01. The van der Waals surface area contributed by atoms with Gasteiger partial charge in [0.25, 0.3) is 0 Å². The van der Waals surface area contributed by atoms with Crippen LogP contribution in [0.25, 0.3) is 104 Å². The molecule has 0 spiro atoms. The summed E-state index contributed by atoms with van der Waals surface area (Å²) in [7, 11) is 0. The fraction of sp³-hybridized carbons (Fsp3) is 0. The van der Waals surface area contributed by atoms with E-state index >= 15 is 0 Å². The zero-order valence-electron chi connectivity index (χ0n) is 28.9. The van der Waals surface area contributed by atoms with Crippen molar-refractivity contribution in [2.45, 2.75) is 0 Å². The molecule has 0 saturated carbocycles. The highest BCUT2D eigenvalue weighted by molar-refractivity contribution is 6.29. The summed E-state index contributed by atoms with van der Waals surface area (Å²) in [5, 5.41) is 11.1. The molecule has 0 fully saturated rings. The van der Waals surface area contributed by atoms with E-state index < -0.39 is 0 Å². The Labute approximate surface area is 306 Å². The smallest absolute Gasteiger partial charge is 0.0788 e. The number of para-hydroxylation sites is 2. The van der Waals surface area contributed by atoms with E-state index in [0.717, 1.165) is 22.5 Å². The second kappa shape index (κ2) is 11.8. The quantitative estimate of drug-likeness (QED) is 0.170. The van der Waals surface area contributed by atoms with E-state index in [1.165, 1.54) is 81.8 Å². The Morgan fingerprint density at radius 1 is 0.321 bits per heavy atom. The number of aromatic nitrogens is 2. The third kappa shape index (κ3) is 4.77. The van der Waals surface area contributed by atoms with Gasteiger partial charge in [-0.25, -0.2) is 4.98 Å².